The normalized spacial score (nSPS) is 12.0. The van der Waals surface area contributed by atoms with Gasteiger partial charge in [0.25, 0.3) is 0 Å². The number of phenols is 1. The molecule has 6 heteroatoms. The van der Waals surface area contributed by atoms with Crippen LogP contribution in [0.2, 0.25) is 5.02 Å². The Bertz CT molecular complexity index is 691. The van der Waals surface area contributed by atoms with Crippen molar-refractivity contribution >= 4 is 23.2 Å². The highest BCUT2D eigenvalue weighted by atomic mass is 35.5. The lowest BCUT2D eigenvalue weighted by Gasteiger charge is -2.18. The van der Waals surface area contributed by atoms with Gasteiger partial charge in [-0.25, -0.2) is 4.39 Å². The predicted octanol–water partition coefficient (Wildman–Crippen LogP) is 3.46. The summed E-state index contributed by atoms with van der Waals surface area (Å²) in [6.45, 7) is 1.74. The van der Waals surface area contributed by atoms with Crippen LogP contribution in [0.3, 0.4) is 0 Å². The Labute approximate surface area is 126 Å². The van der Waals surface area contributed by atoms with Crippen molar-refractivity contribution in [3.05, 3.63) is 58.4 Å². The minimum atomic E-state index is -0.573. The number of nitrogens with two attached hydrogens (primary N) is 1. The number of primary amides is 1. The van der Waals surface area contributed by atoms with Crippen LogP contribution in [0.5, 0.6) is 5.75 Å². The average Bonchev–Trinajstić information content (AvgIpc) is 2.43. The van der Waals surface area contributed by atoms with Crippen LogP contribution in [0.25, 0.3) is 0 Å². The highest BCUT2D eigenvalue weighted by Gasteiger charge is 2.14. The zero-order chi connectivity index (χ0) is 15.6. The third-order valence-electron chi connectivity index (χ3n) is 3.08. The van der Waals surface area contributed by atoms with E-state index in [1.165, 1.54) is 30.3 Å². The van der Waals surface area contributed by atoms with Gasteiger partial charge in [-0.1, -0.05) is 11.6 Å². The van der Waals surface area contributed by atoms with Crippen molar-refractivity contribution in [1.29, 1.82) is 0 Å². The number of phenolic OH excluding ortho intramolecular Hbond substituents is 1. The van der Waals surface area contributed by atoms with Gasteiger partial charge in [0.1, 0.15) is 11.6 Å². The molecule has 0 saturated carbocycles. The van der Waals surface area contributed by atoms with Gasteiger partial charge in [0.05, 0.1) is 16.8 Å². The largest absolute Gasteiger partial charge is 0.508 e. The molecule has 0 saturated heterocycles. The van der Waals surface area contributed by atoms with Crippen LogP contribution in [0.1, 0.15) is 28.9 Å². The molecule has 0 radical (unpaired) electrons. The third kappa shape index (κ3) is 3.44. The Morgan fingerprint density at radius 1 is 1.33 bits per heavy atom. The minimum Gasteiger partial charge on any atom is -0.508 e. The molecule has 0 bridgehead atoms. The summed E-state index contributed by atoms with van der Waals surface area (Å²) in [5, 5.41) is 13.2. The van der Waals surface area contributed by atoms with Crippen molar-refractivity contribution < 1.29 is 14.3 Å². The van der Waals surface area contributed by atoms with Crippen LogP contribution < -0.4 is 11.1 Å². The Hall–Kier alpha value is -2.27. The smallest absolute Gasteiger partial charge is 0.248 e. The van der Waals surface area contributed by atoms with E-state index < -0.39 is 17.8 Å². The number of nitrogens with one attached hydrogen (secondary N) is 1. The molecule has 0 aliphatic carbocycles. The second kappa shape index (κ2) is 6.01. The van der Waals surface area contributed by atoms with Gasteiger partial charge >= 0.3 is 0 Å². The molecule has 4 N–H and O–H groups in total. The Kier molecular flexibility index (Phi) is 4.33. The molecule has 0 aliphatic rings. The highest BCUT2D eigenvalue weighted by Crippen LogP contribution is 2.31. The van der Waals surface area contributed by atoms with Gasteiger partial charge in [-0.05, 0) is 43.3 Å². The van der Waals surface area contributed by atoms with E-state index in [9.17, 15) is 14.3 Å². The van der Waals surface area contributed by atoms with Gasteiger partial charge in [-0.3, -0.25) is 4.79 Å². The fourth-order valence-corrected chi connectivity index (χ4v) is 2.14. The third-order valence-corrected chi connectivity index (χ3v) is 3.41. The molecular weight excluding hydrogens is 295 g/mol. The number of hydrogen-bond donors (Lipinski definition) is 3. The molecule has 0 fully saturated rings. The molecule has 0 aliphatic heterocycles. The summed E-state index contributed by atoms with van der Waals surface area (Å²) >= 11 is 6.05. The number of rotatable bonds is 4. The molecular formula is C15H14ClFN2O2. The Morgan fingerprint density at radius 2 is 2.05 bits per heavy atom. The predicted molar refractivity (Wildman–Crippen MR) is 80.1 cm³/mol. The van der Waals surface area contributed by atoms with Gasteiger partial charge in [0.2, 0.25) is 5.91 Å². The van der Waals surface area contributed by atoms with E-state index >= 15 is 0 Å². The van der Waals surface area contributed by atoms with E-state index in [0.29, 0.717) is 21.8 Å². The number of carbonyl (C=O) groups excluding carboxylic acids is 1. The molecule has 21 heavy (non-hydrogen) atoms. The molecule has 2 aromatic carbocycles. The van der Waals surface area contributed by atoms with Crippen LogP contribution in [0.4, 0.5) is 10.1 Å². The molecule has 0 aromatic heterocycles. The monoisotopic (exact) mass is 308 g/mol. The summed E-state index contributed by atoms with van der Waals surface area (Å²) in [5.74, 6) is -1.05. The Balaban J connectivity index is 2.31. The molecule has 1 unspecified atom stereocenters. The summed E-state index contributed by atoms with van der Waals surface area (Å²) in [4.78, 5) is 11.2. The van der Waals surface area contributed by atoms with Crippen molar-refractivity contribution in [3.63, 3.8) is 0 Å². The van der Waals surface area contributed by atoms with Crippen molar-refractivity contribution in [2.75, 3.05) is 5.32 Å². The maximum Gasteiger partial charge on any atom is 0.248 e. The summed E-state index contributed by atoms with van der Waals surface area (Å²) in [6.07, 6.45) is 0. The molecule has 1 amide bonds. The molecule has 1 atom stereocenters. The van der Waals surface area contributed by atoms with Crippen LogP contribution in [-0.4, -0.2) is 11.0 Å². The zero-order valence-corrected chi connectivity index (χ0v) is 12.0. The van der Waals surface area contributed by atoms with Crippen molar-refractivity contribution in [1.82, 2.24) is 0 Å². The van der Waals surface area contributed by atoms with Gasteiger partial charge in [0, 0.05) is 11.1 Å². The number of hydrogen-bond acceptors (Lipinski definition) is 3. The number of amides is 1. The van der Waals surface area contributed by atoms with E-state index in [0.717, 1.165) is 0 Å². The first kappa shape index (κ1) is 15.1. The minimum absolute atomic E-state index is 0.0291. The second-order valence-corrected chi connectivity index (χ2v) is 5.04. The lowest BCUT2D eigenvalue weighted by Crippen LogP contribution is -2.12. The molecule has 2 rings (SSSR count). The van der Waals surface area contributed by atoms with Crippen molar-refractivity contribution in [3.8, 4) is 5.75 Å². The van der Waals surface area contributed by atoms with Crippen molar-refractivity contribution in [2.45, 2.75) is 13.0 Å². The first-order chi connectivity index (χ1) is 9.88. The fraction of sp³-hybridized carbons (Fsp3) is 0.133. The van der Waals surface area contributed by atoms with Crippen LogP contribution in [-0.2, 0) is 0 Å². The zero-order valence-electron chi connectivity index (χ0n) is 11.2. The molecule has 0 heterocycles. The number of benzene rings is 2. The number of carbonyl (C=O) groups is 1. The molecule has 2 aromatic rings. The molecule has 4 nitrogen and oxygen atoms in total. The van der Waals surface area contributed by atoms with Gasteiger partial charge in [-0.15, -0.1) is 0 Å². The second-order valence-electron chi connectivity index (χ2n) is 4.63. The summed E-state index contributed by atoms with van der Waals surface area (Å²) in [7, 11) is 0. The summed E-state index contributed by atoms with van der Waals surface area (Å²) in [5.41, 5.74) is 6.38. The van der Waals surface area contributed by atoms with Crippen LogP contribution >= 0.6 is 11.6 Å². The quantitative estimate of drug-likeness (QED) is 0.809. The first-order valence-corrected chi connectivity index (χ1v) is 6.60. The standard InChI is InChI=1S/C15H14ClFN2O2/c1-8(11-7-10(17)3-5-14(11)20)19-13-6-9(15(18)21)2-4-12(13)16/h2-8,19-20H,1H3,(H2,18,21). The summed E-state index contributed by atoms with van der Waals surface area (Å²) in [6, 6.07) is 7.84. The fourth-order valence-electron chi connectivity index (χ4n) is 1.97. The number of aromatic hydroxyl groups is 1. The van der Waals surface area contributed by atoms with E-state index in [1.807, 2.05) is 0 Å². The average molecular weight is 309 g/mol. The van der Waals surface area contributed by atoms with E-state index in [4.69, 9.17) is 17.3 Å². The van der Waals surface area contributed by atoms with E-state index in [1.54, 1.807) is 13.0 Å². The summed E-state index contributed by atoms with van der Waals surface area (Å²) < 4.78 is 13.3. The first-order valence-electron chi connectivity index (χ1n) is 6.23. The lowest BCUT2D eigenvalue weighted by atomic mass is 10.1. The molecule has 110 valence electrons. The van der Waals surface area contributed by atoms with E-state index in [-0.39, 0.29) is 5.75 Å². The Morgan fingerprint density at radius 3 is 2.71 bits per heavy atom. The van der Waals surface area contributed by atoms with Gasteiger partial charge in [-0.2, -0.15) is 0 Å². The highest BCUT2D eigenvalue weighted by molar-refractivity contribution is 6.33. The number of halogens is 2. The lowest BCUT2D eigenvalue weighted by molar-refractivity contribution is 0.100. The topological polar surface area (TPSA) is 75.3 Å². The maximum absolute atomic E-state index is 13.3. The van der Waals surface area contributed by atoms with Crippen molar-refractivity contribution in [2.24, 2.45) is 5.73 Å². The molecule has 0 spiro atoms. The SMILES string of the molecule is CC(Nc1cc(C(N)=O)ccc1Cl)c1cc(F)ccc1O. The van der Waals surface area contributed by atoms with E-state index in [2.05, 4.69) is 5.32 Å². The van der Waals surface area contributed by atoms with Gasteiger partial charge in [0.15, 0.2) is 0 Å². The van der Waals surface area contributed by atoms with Gasteiger partial charge < -0.3 is 16.2 Å². The maximum atomic E-state index is 13.3. The van der Waals surface area contributed by atoms with Crippen LogP contribution in [0, 0.1) is 5.82 Å². The van der Waals surface area contributed by atoms with Crippen LogP contribution in [0.15, 0.2) is 36.4 Å². The number of anilines is 1.